The summed E-state index contributed by atoms with van der Waals surface area (Å²) in [5, 5.41) is 22.9. The maximum Gasteiger partial charge on any atom is 0.361 e. The van der Waals surface area contributed by atoms with Crippen LogP contribution >= 0.6 is 0 Å². The molecule has 3 heterocycles. The number of nitrogens with zero attached hydrogens (tertiary/aromatic N) is 1. The predicted molar refractivity (Wildman–Crippen MR) is 159 cm³/mol. The van der Waals surface area contributed by atoms with Crippen LogP contribution in [0.4, 0.5) is 0 Å². The second kappa shape index (κ2) is 10.8. The molecule has 5 aromatic rings. The van der Waals surface area contributed by atoms with E-state index in [2.05, 4.69) is 4.18 Å². The van der Waals surface area contributed by atoms with Gasteiger partial charge in [-0.15, -0.1) is 0 Å². The highest BCUT2D eigenvalue weighted by Gasteiger charge is 2.36. The van der Waals surface area contributed by atoms with Gasteiger partial charge in [0.2, 0.25) is 5.75 Å². The van der Waals surface area contributed by atoms with Crippen molar-refractivity contribution < 1.29 is 55.5 Å². The fraction of sp³-hybridized carbons (Fsp3) is 0.233. The Hall–Kier alpha value is -5.12. The summed E-state index contributed by atoms with van der Waals surface area (Å²) in [6, 6.07) is 8.73. The van der Waals surface area contributed by atoms with Gasteiger partial charge in [-0.25, -0.2) is 13.2 Å². The van der Waals surface area contributed by atoms with E-state index in [0.29, 0.717) is 45.2 Å². The summed E-state index contributed by atoms with van der Waals surface area (Å²) in [7, 11) is 1.78. The number of benzene rings is 3. The molecule has 1 unspecified atom stereocenters. The third kappa shape index (κ3) is 4.63. The highest BCUT2D eigenvalue weighted by molar-refractivity contribution is 7.81. The number of aromatic hydroxyl groups is 1. The first kappa shape index (κ1) is 29.9. The van der Waals surface area contributed by atoms with E-state index in [1.165, 1.54) is 58.3 Å². The lowest BCUT2D eigenvalue weighted by Gasteiger charge is -2.29. The van der Waals surface area contributed by atoms with Gasteiger partial charge in [0.1, 0.15) is 17.3 Å². The Balaban J connectivity index is 1.85. The summed E-state index contributed by atoms with van der Waals surface area (Å²) in [4.78, 5) is 13.7. The smallest absolute Gasteiger partial charge is 0.361 e. The molecule has 0 spiro atoms. The van der Waals surface area contributed by atoms with Crippen LogP contribution in [0.5, 0.6) is 40.2 Å². The van der Waals surface area contributed by atoms with Crippen molar-refractivity contribution in [1.29, 1.82) is 0 Å². The predicted octanol–water partition coefficient (Wildman–Crippen LogP) is 3.72. The molecule has 6 rings (SSSR count). The topological polar surface area (TPSA) is 188 Å². The molecule has 45 heavy (non-hydrogen) atoms. The average molecular weight is 641 g/mol. The molecule has 14 nitrogen and oxygen atoms in total. The first-order valence-corrected chi connectivity index (χ1v) is 14.5. The van der Waals surface area contributed by atoms with E-state index >= 15 is 0 Å². The lowest BCUT2D eigenvalue weighted by molar-refractivity contribution is 0.106. The van der Waals surface area contributed by atoms with E-state index in [1.807, 2.05) is 0 Å². The number of hydrogen-bond donors (Lipinski definition) is 2. The fourth-order valence-corrected chi connectivity index (χ4v) is 6.30. The first-order valence-electron chi connectivity index (χ1n) is 13.2. The van der Waals surface area contributed by atoms with Crippen LogP contribution < -0.4 is 33.5 Å². The maximum absolute atomic E-state index is 13.7. The molecular weight excluding hydrogens is 614 g/mol. The van der Waals surface area contributed by atoms with Crippen molar-refractivity contribution in [3.8, 4) is 62.6 Å². The standard InChI is InChI=1S/C30H27NO13S/c1-38-18-7-6-13(8-17(18)32)24-25-16-10-20(39-2)21(44-45(35,36)37)12-19(16)43-30(34)27(25)31-23(33)11-15-14(26(24)31)9-22(40-3)29(42-5)28(15)41-4/h6-10,12,23,32-33H,11H2,1-5H3,(H,35,36,37)/p-1. The Bertz CT molecular complexity index is 2180. The number of hydrogen-bond acceptors (Lipinski definition) is 13. The number of methoxy groups -OCH3 is 5. The van der Waals surface area contributed by atoms with Crippen molar-refractivity contribution in [2.24, 2.45) is 0 Å². The molecule has 0 radical (unpaired) electrons. The molecule has 0 fully saturated rings. The van der Waals surface area contributed by atoms with Crippen molar-refractivity contribution in [3.05, 3.63) is 52.4 Å². The number of aromatic nitrogens is 1. The molecule has 2 aromatic heterocycles. The minimum Gasteiger partial charge on any atom is -0.716 e. The van der Waals surface area contributed by atoms with E-state index in [-0.39, 0.29) is 45.5 Å². The van der Waals surface area contributed by atoms with E-state index in [9.17, 15) is 28.0 Å². The van der Waals surface area contributed by atoms with Crippen LogP contribution in [0, 0.1) is 0 Å². The molecule has 0 aliphatic carbocycles. The van der Waals surface area contributed by atoms with E-state index in [0.717, 1.165) is 6.07 Å². The zero-order valence-corrected chi connectivity index (χ0v) is 25.3. The lowest BCUT2D eigenvalue weighted by atomic mass is 9.90. The minimum absolute atomic E-state index is 0.00210. The molecule has 1 atom stereocenters. The summed E-state index contributed by atoms with van der Waals surface area (Å²) >= 11 is 0. The monoisotopic (exact) mass is 640 g/mol. The number of phenols is 1. The Morgan fingerprint density at radius 1 is 0.889 bits per heavy atom. The van der Waals surface area contributed by atoms with E-state index in [1.54, 1.807) is 12.1 Å². The highest BCUT2D eigenvalue weighted by atomic mass is 32.3. The Kier molecular flexibility index (Phi) is 7.18. The molecule has 1 aliphatic rings. The van der Waals surface area contributed by atoms with E-state index < -0.39 is 28.0 Å². The summed E-state index contributed by atoms with van der Waals surface area (Å²) in [6.07, 6.45) is -1.31. The van der Waals surface area contributed by atoms with Crippen molar-refractivity contribution in [3.63, 3.8) is 0 Å². The normalized spacial score (nSPS) is 14.2. The number of rotatable bonds is 8. The van der Waals surface area contributed by atoms with Crippen LogP contribution in [-0.4, -0.2) is 63.3 Å². The quantitative estimate of drug-likeness (QED) is 0.142. The summed E-state index contributed by atoms with van der Waals surface area (Å²) in [6.45, 7) is 0. The average Bonchev–Trinajstić information content (AvgIpc) is 3.37. The zero-order valence-electron chi connectivity index (χ0n) is 24.5. The molecule has 0 saturated carbocycles. The molecule has 15 heteroatoms. The van der Waals surface area contributed by atoms with Crippen LogP contribution in [0.3, 0.4) is 0 Å². The van der Waals surface area contributed by atoms with Crippen molar-refractivity contribution in [2.75, 3.05) is 35.5 Å². The molecular formula is C30H26NO13S-. The fourth-order valence-electron chi connectivity index (χ4n) is 5.95. The molecule has 1 aliphatic heterocycles. The molecule has 236 valence electrons. The lowest BCUT2D eigenvalue weighted by Crippen LogP contribution is -2.21. The Morgan fingerprint density at radius 3 is 2.18 bits per heavy atom. The van der Waals surface area contributed by atoms with Gasteiger partial charge in [0.05, 0.1) is 41.2 Å². The SMILES string of the molecule is COc1ccc(-c2c3n(c4c(=O)oc5cc(OS(=O)(=O)[O-])c(OC)cc5c24)C(O)Cc2c-3cc(OC)c(OC)c2OC)cc1O. The van der Waals surface area contributed by atoms with Gasteiger partial charge >= 0.3 is 5.63 Å². The van der Waals surface area contributed by atoms with Gasteiger partial charge in [0.15, 0.2) is 34.5 Å². The summed E-state index contributed by atoms with van der Waals surface area (Å²) in [5.74, 6) is 0.256. The van der Waals surface area contributed by atoms with Crippen LogP contribution in [0.25, 0.3) is 44.3 Å². The van der Waals surface area contributed by atoms with Crippen LogP contribution in [0.1, 0.15) is 11.8 Å². The van der Waals surface area contributed by atoms with Crippen molar-refractivity contribution >= 4 is 32.3 Å². The van der Waals surface area contributed by atoms with Crippen LogP contribution in [-0.2, 0) is 16.8 Å². The minimum atomic E-state index is -5.22. The second-order valence-corrected chi connectivity index (χ2v) is 10.9. The highest BCUT2D eigenvalue weighted by Crippen LogP contribution is 2.54. The number of fused-ring (bicyclic) bond motifs is 7. The van der Waals surface area contributed by atoms with Crippen molar-refractivity contribution in [2.45, 2.75) is 12.6 Å². The van der Waals surface area contributed by atoms with Crippen molar-refractivity contribution in [1.82, 2.24) is 4.57 Å². The van der Waals surface area contributed by atoms with Gasteiger partial charge in [-0.3, -0.25) is 0 Å². The van der Waals surface area contributed by atoms with Gasteiger partial charge in [-0.1, -0.05) is 6.07 Å². The van der Waals surface area contributed by atoms with E-state index in [4.69, 9.17) is 28.1 Å². The molecule has 0 bridgehead atoms. The summed E-state index contributed by atoms with van der Waals surface area (Å²) < 4.78 is 73.3. The molecule has 2 N–H and O–H groups in total. The van der Waals surface area contributed by atoms with Crippen LogP contribution in [0.15, 0.2) is 45.6 Å². The largest absolute Gasteiger partial charge is 0.716 e. The van der Waals surface area contributed by atoms with Gasteiger partial charge in [0.25, 0.3) is 10.4 Å². The number of aliphatic hydroxyl groups is 1. The maximum atomic E-state index is 13.7. The zero-order chi connectivity index (χ0) is 32.4. The third-order valence-electron chi connectivity index (χ3n) is 7.67. The molecule has 0 saturated heterocycles. The molecule has 3 aromatic carbocycles. The second-order valence-electron chi connectivity index (χ2n) is 9.94. The van der Waals surface area contributed by atoms with Gasteiger partial charge in [0, 0.05) is 39.9 Å². The first-order chi connectivity index (χ1) is 21.5. The Labute approximate surface area is 255 Å². The van der Waals surface area contributed by atoms with Crippen LogP contribution in [0.2, 0.25) is 0 Å². The third-order valence-corrected chi connectivity index (χ3v) is 8.05. The number of aliphatic hydroxyl groups excluding tert-OH is 1. The van der Waals surface area contributed by atoms with Gasteiger partial charge in [-0.2, -0.15) is 0 Å². The van der Waals surface area contributed by atoms with Gasteiger partial charge < -0.3 is 51.6 Å². The molecule has 0 amide bonds. The Morgan fingerprint density at radius 2 is 1.58 bits per heavy atom. The number of phenolic OH excluding ortho intramolecular Hbond substituents is 1. The van der Waals surface area contributed by atoms with Gasteiger partial charge in [-0.05, 0) is 29.8 Å². The summed E-state index contributed by atoms with van der Waals surface area (Å²) in [5.41, 5.74) is 1.14. The number of ether oxygens (including phenoxy) is 5.